The molecule has 1 aromatic carbocycles. The third-order valence-corrected chi connectivity index (χ3v) is 3.94. The van der Waals surface area contributed by atoms with Gasteiger partial charge >= 0.3 is 0 Å². The molecule has 1 fully saturated rings. The van der Waals surface area contributed by atoms with Crippen LogP contribution in [0, 0.1) is 0 Å². The van der Waals surface area contributed by atoms with E-state index in [0.717, 1.165) is 11.8 Å². The van der Waals surface area contributed by atoms with Crippen LogP contribution in [0.3, 0.4) is 0 Å². The zero-order valence-electron chi connectivity index (χ0n) is 12.5. The minimum absolute atomic E-state index is 0.0925. The molecule has 0 amide bonds. The Kier molecular flexibility index (Phi) is 4.44. The maximum atomic E-state index is 11.1. The van der Waals surface area contributed by atoms with E-state index in [1.54, 1.807) is 11.0 Å². The minimum Gasteiger partial charge on any atom is -0.342 e. The van der Waals surface area contributed by atoms with Crippen molar-refractivity contribution in [1.82, 2.24) is 14.8 Å². The van der Waals surface area contributed by atoms with E-state index in [0.29, 0.717) is 6.54 Å². The average molecular weight is 339 g/mol. The van der Waals surface area contributed by atoms with Crippen molar-refractivity contribution in [2.24, 2.45) is 0 Å². The van der Waals surface area contributed by atoms with Gasteiger partial charge in [-0.05, 0) is 0 Å². The van der Waals surface area contributed by atoms with Crippen molar-refractivity contribution in [3.63, 3.8) is 0 Å². The first-order valence-corrected chi connectivity index (χ1v) is 8.83. The van der Waals surface area contributed by atoms with Gasteiger partial charge < -0.3 is 9.47 Å². The SMILES string of the molecule is CS(=O)(=O)OCC1COC(Cn2cncn2)(c2ccccc2)O1. The Labute approximate surface area is 134 Å². The second kappa shape index (κ2) is 6.36. The van der Waals surface area contributed by atoms with Crippen molar-refractivity contribution in [1.29, 1.82) is 0 Å². The van der Waals surface area contributed by atoms with Crippen molar-refractivity contribution in [3.8, 4) is 0 Å². The van der Waals surface area contributed by atoms with E-state index in [1.807, 2.05) is 30.3 Å². The summed E-state index contributed by atoms with van der Waals surface area (Å²) in [6, 6.07) is 9.43. The lowest BCUT2D eigenvalue weighted by Crippen LogP contribution is -2.34. The maximum Gasteiger partial charge on any atom is 0.264 e. The molecule has 3 rings (SSSR count). The predicted octanol–water partition coefficient (Wildman–Crippen LogP) is 0.523. The number of hydrogen-bond donors (Lipinski definition) is 0. The van der Waals surface area contributed by atoms with Gasteiger partial charge in [-0.25, -0.2) is 9.67 Å². The predicted molar refractivity (Wildman–Crippen MR) is 79.8 cm³/mol. The van der Waals surface area contributed by atoms with Crippen LogP contribution in [0.5, 0.6) is 0 Å². The molecule has 23 heavy (non-hydrogen) atoms. The highest BCUT2D eigenvalue weighted by Gasteiger charge is 2.44. The number of benzene rings is 1. The van der Waals surface area contributed by atoms with E-state index in [4.69, 9.17) is 13.7 Å². The Morgan fingerprint density at radius 2 is 2.17 bits per heavy atom. The van der Waals surface area contributed by atoms with Crippen LogP contribution in [0.25, 0.3) is 0 Å². The highest BCUT2D eigenvalue weighted by molar-refractivity contribution is 7.85. The van der Waals surface area contributed by atoms with Crippen LogP contribution < -0.4 is 0 Å². The van der Waals surface area contributed by atoms with Crippen LogP contribution >= 0.6 is 0 Å². The molecular formula is C14H17N3O5S. The second-order valence-corrected chi connectivity index (χ2v) is 6.90. The molecule has 1 aliphatic rings. The largest absolute Gasteiger partial charge is 0.342 e. The van der Waals surface area contributed by atoms with E-state index in [1.165, 1.54) is 6.33 Å². The average Bonchev–Trinajstić information content (AvgIpc) is 3.16. The maximum absolute atomic E-state index is 11.1. The fourth-order valence-corrected chi connectivity index (χ4v) is 2.79. The molecule has 0 N–H and O–H groups in total. The summed E-state index contributed by atoms with van der Waals surface area (Å²) in [7, 11) is -3.53. The summed E-state index contributed by atoms with van der Waals surface area (Å²) in [5.74, 6) is -1.06. The fraction of sp³-hybridized carbons (Fsp3) is 0.429. The normalized spacial score (nSPS) is 24.8. The quantitative estimate of drug-likeness (QED) is 0.709. The van der Waals surface area contributed by atoms with E-state index in [2.05, 4.69) is 10.1 Å². The summed E-state index contributed by atoms with van der Waals surface area (Å²) in [4.78, 5) is 3.91. The minimum atomic E-state index is -3.53. The molecule has 1 aliphatic heterocycles. The zero-order valence-corrected chi connectivity index (χ0v) is 13.3. The Hall–Kier alpha value is -1.81. The van der Waals surface area contributed by atoms with Gasteiger partial charge in [-0.1, -0.05) is 30.3 Å². The molecule has 2 aromatic rings. The third kappa shape index (κ3) is 3.94. The highest BCUT2D eigenvalue weighted by atomic mass is 32.2. The van der Waals surface area contributed by atoms with Gasteiger partial charge in [-0.15, -0.1) is 0 Å². The smallest absolute Gasteiger partial charge is 0.264 e. The van der Waals surface area contributed by atoms with E-state index in [-0.39, 0.29) is 13.2 Å². The molecule has 124 valence electrons. The molecule has 2 atom stereocenters. The molecule has 2 heterocycles. The monoisotopic (exact) mass is 339 g/mol. The number of rotatable bonds is 6. The first-order chi connectivity index (χ1) is 11.0. The van der Waals surface area contributed by atoms with Gasteiger partial charge in [0.05, 0.1) is 19.5 Å². The van der Waals surface area contributed by atoms with E-state index < -0.39 is 22.0 Å². The Balaban J connectivity index is 1.80. The van der Waals surface area contributed by atoms with E-state index in [9.17, 15) is 8.42 Å². The standard InChI is InChI=1S/C14H17N3O5S/c1-23(18,19)21-8-13-7-20-14(22-13,9-17-11-15-10-16-17)12-5-3-2-4-6-12/h2-6,10-11,13H,7-9H2,1H3. The fourth-order valence-electron chi connectivity index (χ4n) is 2.39. The van der Waals surface area contributed by atoms with Crippen LogP contribution in [0.15, 0.2) is 43.0 Å². The Bertz CT molecular complexity index is 735. The number of ether oxygens (including phenoxy) is 2. The zero-order chi connectivity index (χ0) is 16.3. The van der Waals surface area contributed by atoms with Crippen molar-refractivity contribution in [2.45, 2.75) is 18.4 Å². The number of hydrogen-bond acceptors (Lipinski definition) is 7. The van der Waals surface area contributed by atoms with Gasteiger partial charge in [0, 0.05) is 5.56 Å². The molecule has 0 radical (unpaired) electrons. The van der Waals surface area contributed by atoms with Crippen LogP contribution in [0.1, 0.15) is 5.56 Å². The van der Waals surface area contributed by atoms with Crippen molar-refractivity contribution < 1.29 is 22.1 Å². The summed E-state index contributed by atoms with van der Waals surface area (Å²) < 4.78 is 40.6. The molecule has 8 nitrogen and oxygen atoms in total. The first-order valence-electron chi connectivity index (χ1n) is 7.01. The second-order valence-electron chi connectivity index (χ2n) is 5.25. The Morgan fingerprint density at radius 3 is 2.83 bits per heavy atom. The molecule has 1 aromatic heterocycles. The van der Waals surface area contributed by atoms with Crippen LogP contribution in [-0.4, -0.2) is 48.8 Å². The summed E-state index contributed by atoms with van der Waals surface area (Å²) in [5.41, 5.74) is 0.817. The molecule has 0 saturated carbocycles. The first kappa shape index (κ1) is 16.1. The molecule has 0 spiro atoms. The summed E-state index contributed by atoms with van der Waals surface area (Å²) in [6.45, 7) is 0.427. The van der Waals surface area contributed by atoms with Crippen molar-refractivity contribution in [2.75, 3.05) is 19.5 Å². The van der Waals surface area contributed by atoms with Crippen LogP contribution in [0.2, 0.25) is 0 Å². The van der Waals surface area contributed by atoms with Gasteiger partial charge in [0.25, 0.3) is 10.1 Å². The summed E-state index contributed by atoms with van der Waals surface area (Å²) in [5, 5.41) is 4.08. The van der Waals surface area contributed by atoms with Gasteiger partial charge in [-0.3, -0.25) is 4.18 Å². The van der Waals surface area contributed by atoms with Gasteiger partial charge in [-0.2, -0.15) is 13.5 Å². The van der Waals surface area contributed by atoms with Gasteiger partial charge in [0.2, 0.25) is 5.79 Å². The molecule has 1 saturated heterocycles. The van der Waals surface area contributed by atoms with Crippen molar-refractivity contribution in [3.05, 3.63) is 48.5 Å². The number of aromatic nitrogens is 3. The molecule has 2 unspecified atom stereocenters. The van der Waals surface area contributed by atoms with Gasteiger partial charge in [0.1, 0.15) is 25.3 Å². The van der Waals surface area contributed by atoms with Crippen molar-refractivity contribution >= 4 is 10.1 Å². The third-order valence-electron chi connectivity index (χ3n) is 3.38. The lowest BCUT2D eigenvalue weighted by molar-refractivity contribution is -0.190. The Morgan fingerprint density at radius 1 is 1.39 bits per heavy atom. The molecule has 0 bridgehead atoms. The summed E-state index contributed by atoms with van der Waals surface area (Å²) in [6.07, 6.45) is 3.51. The van der Waals surface area contributed by atoms with Crippen LogP contribution in [-0.2, 0) is 36.1 Å². The van der Waals surface area contributed by atoms with E-state index >= 15 is 0 Å². The van der Waals surface area contributed by atoms with Gasteiger partial charge in [0.15, 0.2) is 0 Å². The summed E-state index contributed by atoms with van der Waals surface area (Å²) >= 11 is 0. The lowest BCUT2D eigenvalue weighted by Gasteiger charge is -2.28. The topological polar surface area (TPSA) is 92.5 Å². The highest BCUT2D eigenvalue weighted by Crippen LogP contribution is 2.35. The molecule has 0 aliphatic carbocycles. The molecular weight excluding hydrogens is 322 g/mol. The van der Waals surface area contributed by atoms with Crippen LogP contribution in [0.4, 0.5) is 0 Å². The number of nitrogens with zero attached hydrogens (tertiary/aromatic N) is 3. The lowest BCUT2D eigenvalue weighted by atomic mass is 10.1. The molecule has 9 heteroatoms.